The van der Waals surface area contributed by atoms with E-state index in [1.807, 2.05) is 0 Å². The Morgan fingerprint density at radius 2 is 2.25 bits per heavy atom. The number of carbonyl (C=O) groups is 2. The zero-order valence-electron chi connectivity index (χ0n) is 10.5. The molecule has 1 aliphatic rings. The molecule has 2 aromatic rings. The highest BCUT2D eigenvalue weighted by Gasteiger charge is 2.40. The minimum Gasteiger partial charge on any atom is -0.481 e. The smallest absolute Gasteiger partial charge is 0.353 e. The van der Waals surface area contributed by atoms with Crippen molar-refractivity contribution in [3.63, 3.8) is 0 Å². The van der Waals surface area contributed by atoms with Crippen LogP contribution in [0.5, 0.6) is 0 Å². The average molecular weight is 278 g/mol. The molecule has 1 amide bonds. The van der Waals surface area contributed by atoms with Crippen molar-refractivity contribution in [1.29, 1.82) is 0 Å². The highest BCUT2D eigenvalue weighted by molar-refractivity contribution is 5.95. The van der Waals surface area contributed by atoms with Crippen molar-refractivity contribution in [3.8, 4) is 0 Å². The van der Waals surface area contributed by atoms with Gasteiger partial charge in [0.2, 0.25) is 0 Å². The molecule has 1 aromatic heterocycles. The SMILES string of the molecule is CON1C(=O)n2c(cc3cccc(F)c32)C1CC(=O)O. The number of benzene rings is 1. The Balaban J connectivity index is 2.24. The molecule has 0 aliphatic carbocycles. The van der Waals surface area contributed by atoms with Crippen LogP contribution in [0, 0.1) is 5.82 Å². The number of hydrogen-bond acceptors (Lipinski definition) is 3. The number of carboxylic acids is 1. The molecule has 20 heavy (non-hydrogen) atoms. The minimum absolute atomic E-state index is 0.141. The van der Waals surface area contributed by atoms with Gasteiger partial charge in [-0.05, 0) is 12.1 Å². The lowest BCUT2D eigenvalue weighted by Gasteiger charge is -2.19. The Bertz CT molecular complexity index is 724. The summed E-state index contributed by atoms with van der Waals surface area (Å²) in [5.74, 6) is -1.60. The Labute approximate surface area is 112 Å². The van der Waals surface area contributed by atoms with E-state index in [0.717, 1.165) is 5.06 Å². The maximum atomic E-state index is 13.9. The molecule has 1 atom stereocenters. The molecule has 0 radical (unpaired) electrons. The molecule has 0 spiro atoms. The zero-order valence-corrected chi connectivity index (χ0v) is 10.5. The molecule has 1 N–H and O–H groups in total. The third kappa shape index (κ3) is 1.60. The standard InChI is InChI=1S/C13H11FN2O4/c1-20-16-10(6-11(17)18)9-5-7-3-2-4-8(14)12(7)15(9)13(16)19/h2-5,10H,6H2,1H3,(H,17,18). The predicted octanol–water partition coefficient (Wildman–Crippen LogP) is 2.14. The van der Waals surface area contributed by atoms with Crippen LogP contribution >= 0.6 is 0 Å². The normalized spacial score (nSPS) is 17.8. The summed E-state index contributed by atoms with van der Waals surface area (Å²) in [7, 11) is 1.28. The first-order valence-electron chi connectivity index (χ1n) is 5.94. The molecule has 2 heterocycles. The van der Waals surface area contributed by atoms with Crippen LogP contribution < -0.4 is 0 Å². The number of para-hydroxylation sites is 1. The topological polar surface area (TPSA) is 71.8 Å². The number of halogens is 1. The Morgan fingerprint density at radius 1 is 1.50 bits per heavy atom. The number of carbonyl (C=O) groups excluding carboxylic acids is 1. The third-order valence-electron chi connectivity index (χ3n) is 3.37. The maximum absolute atomic E-state index is 13.9. The quantitative estimate of drug-likeness (QED) is 0.933. The highest BCUT2D eigenvalue weighted by atomic mass is 19.1. The minimum atomic E-state index is -1.07. The lowest BCUT2D eigenvalue weighted by Crippen LogP contribution is -2.29. The van der Waals surface area contributed by atoms with E-state index in [0.29, 0.717) is 11.1 Å². The summed E-state index contributed by atoms with van der Waals surface area (Å²) in [4.78, 5) is 28.1. The van der Waals surface area contributed by atoms with Crippen LogP contribution in [0.15, 0.2) is 24.3 Å². The number of aromatic nitrogens is 1. The third-order valence-corrected chi connectivity index (χ3v) is 3.37. The van der Waals surface area contributed by atoms with Crippen molar-refractivity contribution >= 4 is 22.9 Å². The van der Waals surface area contributed by atoms with Gasteiger partial charge in [-0.2, -0.15) is 5.06 Å². The first-order valence-corrected chi connectivity index (χ1v) is 5.94. The molecular weight excluding hydrogens is 267 g/mol. The van der Waals surface area contributed by atoms with Gasteiger partial charge in [0.1, 0.15) is 11.9 Å². The van der Waals surface area contributed by atoms with Gasteiger partial charge in [0.25, 0.3) is 0 Å². The molecule has 7 heteroatoms. The van der Waals surface area contributed by atoms with Crippen LogP contribution in [0.2, 0.25) is 0 Å². The summed E-state index contributed by atoms with van der Waals surface area (Å²) >= 11 is 0. The van der Waals surface area contributed by atoms with Gasteiger partial charge in [0, 0.05) is 5.39 Å². The van der Waals surface area contributed by atoms with Crippen LogP contribution in [0.3, 0.4) is 0 Å². The second-order valence-electron chi connectivity index (χ2n) is 4.49. The van der Waals surface area contributed by atoms with Gasteiger partial charge in [-0.3, -0.25) is 14.2 Å². The number of nitrogens with zero attached hydrogens (tertiary/aromatic N) is 2. The van der Waals surface area contributed by atoms with E-state index in [2.05, 4.69) is 0 Å². The number of rotatable bonds is 3. The molecule has 104 valence electrons. The largest absolute Gasteiger partial charge is 0.481 e. The fourth-order valence-electron chi connectivity index (χ4n) is 2.60. The molecule has 1 unspecified atom stereocenters. The number of aliphatic carboxylic acids is 1. The van der Waals surface area contributed by atoms with Crippen molar-refractivity contribution < 1.29 is 23.9 Å². The summed E-state index contributed by atoms with van der Waals surface area (Å²) < 4.78 is 15.1. The number of carboxylic acid groups (broad SMARTS) is 1. The van der Waals surface area contributed by atoms with Gasteiger partial charge >= 0.3 is 12.0 Å². The average Bonchev–Trinajstić information content (AvgIpc) is 2.87. The van der Waals surface area contributed by atoms with E-state index in [-0.39, 0.29) is 11.9 Å². The Kier molecular flexibility index (Phi) is 2.72. The number of hydrogen-bond donors (Lipinski definition) is 1. The number of amides is 1. The van der Waals surface area contributed by atoms with E-state index in [4.69, 9.17) is 9.94 Å². The second-order valence-corrected chi connectivity index (χ2v) is 4.49. The van der Waals surface area contributed by atoms with E-state index in [1.165, 1.54) is 23.8 Å². The van der Waals surface area contributed by atoms with Crippen LogP contribution in [0.4, 0.5) is 9.18 Å². The predicted molar refractivity (Wildman–Crippen MR) is 66.5 cm³/mol. The number of hydroxylamine groups is 2. The van der Waals surface area contributed by atoms with Crippen molar-refractivity contribution in [3.05, 3.63) is 35.8 Å². The van der Waals surface area contributed by atoms with Crippen molar-refractivity contribution in [2.45, 2.75) is 12.5 Å². The summed E-state index contributed by atoms with van der Waals surface area (Å²) in [6.45, 7) is 0. The van der Waals surface area contributed by atoms with Crippen molar-refractivity contribution in [2.24, 2.45) is 0 Å². The molecule has 0 saturated carbocycles. The molecule has 0 fully saturated rings. The van der Waals surface area contributed by atoms with Crippen LogP contribution in [0.25, 0.3) is 10.9 Å². The van der Waals surface area contributed by atoms with Crippen molar-refractivity contribution in [2.75, 3.05) is 7.11 Å². The highest BCUT2D eigenvalue weighted by Crippen LogP contribution is 2.37. The summed E-state index contributed by atoms with van der Waals surface area (Å²) in [6, 6.07) is 4.73. The lowest BCUT2D eigenvalue weighted by atomic mass is 10.1. The second kappa shape index (κ2) is 4.31. The van der Waals surface area contributed by atoms with E-state index in [9.17, 15) is 14.0 Å². The van der Waals surface area contributed by atoms with Gasteiger partial charge in [0.15, 0.2) is 0 Å². The fourth-order valence-corrected chi connectivity index (χ4v) is 2.60. The van der Waals surface area contributed by atoms with E-state index < -0.39 is 23.9 Å². The van der Waals surface area contributed by atoms with Crippen LogP contribution in [0.1, 0.15) is 18.2 Å². The maximum Gasteiger partial charge on any atom is 0.353 e. The summed E-state index contributed by atoms with van der Waals surface area (Å²) in [6.07, 6.45) is -0.308. The molecule has 1 aliphatic heterocycles. The molecule has 0 saturated heterocycles. The van der Waals surface area contributed by atoms with Crippen molar-refractivity contribution in [1.82, 2.24) is 9.63 Å². The molecular formula is C13H11FN2O4. The van der Waals surface area contributed by atoms with E-state index in [1.54, 1.807) is 12.1 Å². The summed E-state index contributed by atoms with van der Waals surface area (Å²) in [5, 5.41) is 10.5. The van der Waals surface area contributed by atoms with Crippen LogP contribution in [-0.2, 0) is 9.63 Å². The molecule has 6 nitrogen and oxygen atoms in total. The molecule has 1 aromatic carbocycles. The first-order chi connectivity index (χ1) is 9.54. The zero-order chi connectivity index (χ0) is 14.4. The monoisotopic (exact) mass is 278 g/mol. The Hall–Kier alpha value is -2.41. The van der Waals surface area contributed by atoms with Crippen LogP contribution in [-0.4, -0.2) is 33.8 Å². The fraction of sp³-hybridized carbons (Fsp3) is 0.231. The van der Waals surface area contributed by atoms with Gasteiger partial charge in [0.05, 0.1) is 24.7 Å². The Morgan fingerprint density at radius 3 is 2.90 bits per heavy atom. The lowest BCUT2D eigenvalue weighted by molar-refractivity contribution is -0.146. The molecule has 0 bridgehead atoms. The number of fused-ring (bicyclic) bond motifs is 3. The van der Waals surface area contributed by atoms with Gasteiger partial charge in [-0.1, -0.05) is 12.1 Å². The van der Waals surface area contributed by atoms with Gasteiger partial charge in [-0.25, -0.2) is 9.18 Å². The molecule has 3 rings (SSSR count). The van der Waals surface area contributed by atoms with E-state index >= 15 is 0 Å². The van der Waals surface area contributed by atoms with Gasteiger partial charge in [-0.15, -0.1) is 0 Å². The summed E-state index contributed by atoms with van der Waals surface area (Å²) in [5.41, 5.74) is 0.557. The van der Waals surface area contributed by atoms with Gasteiger partial charge < -0.3 is 5.11 Å². The first kappa shape index (κ1) is 12.6.